The quantitative estimate of drug-likeness (QED) is 0.622. The summed E-state index contributed by atoms with van der Waals surface area (Å²) >= 11 is 6.22. The molecule has 1 saturated heterocycles. The smallest absolute Gasteiger partial charge is 0.266 e. The highest BCUT2D eigenvalue weighted by Gasteiger charge is 2.36. The summed E-state index contributed by atoms with van der Waals surface area (Å²) in [6.45, 7) is 1.68. The average molecular weight is 306 g/mol. The zero-order chi connectivity index (χ0) is 14.7. The molecule has 1 atom stereocenters. The fraction of sp³-hybridized carbons (Fsp3) is 0.214. The number of thioether (sulfide) groups is 1. The van der Waals surface area contributed by atoms with Crippen molar-refractivity contribution in [3.8, 4) is 0 Å². The zero-order valence-electron chi connectivity index (χ0n) is 10.7. The SMILES string of the molecule is CC[C@@H](C(=O)[O-])N1C(=O)/C(=C\c2ccccc2)SC1=S. The normalized spacial score (nSPS) is 18.6. The predicted octanol–water partition coefficient (Wildman–Crippen LogP) is 1.42. The van der Waals surface area contributed by atoms with Gasteiger partial charge in [-0.3, -0.25) is 9.69 Å². The van der Waals surface area contributed by atoms with Crippen LogP contribution in [-0.4, -0.2) is 27.1 Å². The van der Waals surface area contributed by atoms with Gasteiger partial charge in [0.05, 0.1) is 16.9 Å². The number of hydrogen-bond acceptors (Lipinski definition) is 5. The van der Waals surface area contributed by atoms with Crippen molar-refractivity contribution >= 4 is 46.3 Å². The molecule has 1 aromatic rings. The van der Waals surface area contributed by atoms with Gasteiger partial charge >= 0.3 is 0 Å². The summed E-state index contributed by atoms with van der Waals surface area (Å²) in [5.74, 6) is -1.66. The van der Waals surface area contributed by atoms with E-state index < -0.39 is 12.0 Å². The number of carboxylic acids is 1. The monoisotopic (exact) mass is 306 g/mol. The summed E-state index contributed by atoms with van der Waals surface area (Å²) in [5, 5.41) is 11.1. The van der Waals surface area contributed by atoms with Gasteiger partial charge in [-0.15, -0.1) is 0 Å². The van der Waals surface area contributed by atoms with Crippen LogP contribution in [0.5, 0.6) is 0 Å². The Bertz CT molecular complexity index is 583. The maximum Gasteiger partial charge on any atom is 0.266 e. The van der Waals surface area contributed by atoms with Crippen LogP contribution in [0.4, 0.5) is 0 Å². The summed E-state index contributed by atoms with van der Waals surface area (Å²) in [7, 11) is 0. The van der Waals surface area contributed by atoms with E-state index in [9.17, 15) is 14.7 Å². The second kappa shape index (κ2) is 6.19. The van der Waals surface area contributed by atoms with Crippen LogP contribution in [-0.2, 0) is 9.59 Å². The van der Waals surface area contributed by atoms with Crippen molar-refractivity contribution in [2.45, 2.75) is 19.4 Å². The molecule has 0 radical (unpaired) electrons. The van der Waals surface area contributed by atoms with Crippen molar-refractivity contribution in [2.24, 2.45) is 0 Å². The van der Waals surface area contributed by atoms with Crippen LogP contribution >= 0.6 is 24.0 Å². The molecular weight excluding hydrogens is 294 g/mol. The highest BCUT2D eigenvalue weighted by molar-refractivity contribution is 8.26. The van der Waals surface area contributed by atoms with E-state index in [-0.39, 0.29) is 16.6 Å². The van der Waals surface area contributed by atoms with Gasteiger partial charge in [-0.05, 0) is 18.1 Å². The number of carbonyl (C=O) groups is 2. The van der Waals surface area contributed by atoms with Gasteiger partial charge in [0.15, 0.2) is 0 Å². The minimum atomic E-state index is -1.29. The van der Waals surface area contributed by atoms with Crippen LogP contribution in [0.15, 0.2) is 35.2 Å². The minimum absolute atomic E-state index is 0.257. The second-order valence-electron chi connectivity index (χ2n) is 4.21. The first kappa shape index (κ1) is 14.7. The van der Waals surface area contributed by atoms with Crippen LogP contribution in [0.1, 0.15) is 18.9 Å². The molecule has 1 aromatic carbocycles. The number of aliphatic carboxylic acids is 1. The molecule has 20 heavy (non-hydrogen) atoms. The Morgan fingerprint density at radius 1 is 1.45 bits per heavy atom. The van der Waals surface area contributed by atoms with Crippen molar-refractivity contribution in [3.05, 3.63) is 40.8 Å². The largest absolute Gasteiger partial charge is 0.548 e. The molecule has 2 rings (SSSR count). The van der Waals surface area contributed by atoms with Gasteiger partial charge in [-0.1, -0.05) is 61.2 Å². The Labute approximate surface area is 126 Å². The minimum Gasteiger partial charge on any atom is -0.548 e. The molecule has 1 amide bonds. The van der Waals surface area contributed by atoms with Gasteiger partial charge in [0.1, 0.15) is 4.32 Å². The summed E-state index contributed by atoms with van der Waals surface area (Å²) in [6, 6.07) is 8.33. The maximum absolute atomic E-state index is 12.3. The molecule has 0 saturated carbocycles. The molecule has 6 heteroatoms. The van der Waals surface area contributed by atoms with Crippen molar-refractivity contribution in [1.82, 2.24) is 4.90 Å². The Morgan fingerprint density at radius 3 is 2.65 bits per heavy atom. The van der Waals surface area contributed by atoms with Crippen molar-refractivity contribution in [2.75, 3.05) is 0 Å². The zero-order valence-corrected chi connectivity index (χ0v) is 12.4. The maximum atomic E-state index is 12.3. The Morgan fingerprint density at radius 2 is 2.10 bits per heavy atom. The van der Waals surface area contributed by atoms with Crippen LogP contribution in [0.25, 0.3) is 6.08 Å². The first-order valence-corrected chi connectivity index (χ1v) is 7.30. The fourth-order valence-corrected chi connectivity index (χ4v) is 3.26. The molecule has 104 valence electrons. The number of carboxylic acid groups (broad SMARTS) is 1. The standard InChI is InChI=1S/C14H13NO3S2/c1-2-10(13(17)18)15-12(16)11(20-14(15)19)8-9-6-4-3-5-7-9/h3-8,10H,2H2,1H3,(H,17,18)/p-1/b11-8+/t10-/m0/s1. The highest BCUT2D eigenvalue weighted by Crippen LogP contribution is 2.34. The van der Waals surface area contributed by atoms with Crippen molar-refractivity contribution in [3.63, 3.8) is 0 Å². The summed E-state index contributed by atoms with van der Waals surface area (Å²) < 4.78 is 0.258. The first-order valence-electron chi connectivity index (χ1n) is 6.07. The molecule has 0 unspecified atom stereocenters. The molecule has 0 aliphatic carbocycles. The Balaban J connectivity index is 2.29. The van der Waals surface area contributed by atoms with E-state index >= 15 is 0 Å². The Kier molecular flexibility index (Phi) is 4.57. The number of nitrogens with zero attached hydrogens (tertiary/aromatic N) is 1. The molecular formula is C14H12NO3S2-. The van der Waals surface area contributed by atoms with Crippen LogP contribution in [0, 0.1) is 0 Å². The summed E-state index contributed by atoms with van der Waals surface area (Å²) in [4.78, 5) is 24.9. The van der Waals surface area contributed by atoms with Crippen molar-refractivity contribution < 1.29 is 14.7 Å². The van der Waals surface area contributed by atoms with Crippen LogP contribution in [0.2, 0.25) is 0 Å². The number of thiocarbonyl (C=S) groups is 1. The second-order valence-corrected chi connectivity index (χ2v) is 5.88. The molecule has 1 aliphatic heterocycles. The van der Waals surface area contributed by atoms with E-state index in [2.05, 4.69) is 0 Å². The topological polar surface area (TPSA) is 60.4 Å². The third kappa shape index (κ3) is 2.91. The number of rotatable bonds is 4. The number of benzene rings is 1. The van der Waals surface area contributed by atoms with Gasteiger partial charge in [0.25, 0.3) is 5.91 Å². The van der Waals surface area contributed by atoms with Gasteiger partial charge in [-0.25, -0.2) is 0 Å². The van der Waals surface area contributed by atoms with E-state index in [1.165, 1.54) is 0 Å². The lowest BCUT2D eigenvalue weighted by Crippen LogP contribution is -2.49. The summed E-state index contributed by atoms with van der Waals surface area (Å²) in [6.07, 6.45) is 1.97. The third-order valence-corrected chi connectivity index (χ3v) is 4.22. The molecule has 4 nitrogen and oxygen atoms in total. The lowest BCUT2D eigenvalue weighted by Gasteiger charge is -2.26. The van der Waals surface area contributed by atoms with Gasteiger partial charge in [0.2, 0.25) is 0 Å². The van der Waals surface area contributed by atoms with Gasteiger partial charge in [-0.2, -0.15) is 0 Å². The van der Waals surface area contributed by atoms with Gasteiger partial charge < -0.3 is 9.90 Å². The van der Waals surface area contributed by atoms with Crippen LogP contribution in [0.3, 0.4) is 0 Å². The number of hydrogen-bond donors (Lipinski definition) is 0. The van der Waals surface area contributed by atoms with Crippen LogP contribution < -0.4 is 5.11 Å². The first-order chi connectivity index (χ1) is 9.54. The third-order valence-electron chi connectivity index (χ3n) is 2.89. The predicted molar refractivity (Wildman–Crippen MR) is 80.5 cm³/mol. The lowest BCUT2D eigenvalue weighted by atomic mass is 10.2. The van der Waals surface area contributed by atoms with E-state index in [4.69, 9.17) is 12.2 Å². The van der Waals surface area contributed by atoms with E-state index in [0.29, 0.717) is 4.91 Å². The molecule has 0 bridgehead atoms. The molecule has 0 aromatic heterocycles. The molecule has 1 fully saturated rings. The average Bonchev–Trinajstić information content (AvgIpc) is 2.68. The molecule has 0 N–H and O–H groups in total. The molecule has 1 heterocycles. The lowest BCUT2D eigenvalue weighted by molar-refractivity contribution is -0.310. The summed E-state index contributed by atoms with van der Waals surface area (Å²) in [5.41, 5.74) is 0.870. The number of amides is 1. The van der Waals surface area contributed by atoms with E-state index in [1.54, 1.807) is 13.0 Å². The van der Waals surface area contributed by atoms with Gasteiger partial charge in [0, 0.05) is 0 Å². The van der Waals surface area contributed by atoms with E-state index in [0.717, 1.165) is 22.2 Å². The van der Waals surface area contributed by atoms with E-state index in [1.807, 2.05) is 30.3 Å². The fourth-order valence-electron chi connectivity index (χ4n) is 1.90. The Hall–Kier alpha value is -1.66. The molecule has 0 spiro atoms. The molecule has 1 aliphatic rings. The number of carbonyl (C=O) groups excluding carboxylic acids is 2. The highest BCUT2D eigenvalue weighted by atomic mass is 32.2. The van der Waals surface area contributed by atoms with Crippen molar-refractivity contribution in [1.29, 1.82) is 0 Å².